The van der Waals surface area contributed by atoms with Gasteiger partial charge in [0.05, 0.1) is 27.2 Å². The first-order valence-corrected chi connectivity index (χ1v) is 12.4. The summed E-state index contributed by atoms with van der Waals surface area (Å²) in [5.41, 5.74) is -0.0620. The van der Waals surface area contributed by atoms with Gasteiger partial charge in [0.25, 0.3) is 5.91 Å². The summed E-state index contributed by atoms with van der Waals surface area (Å²) in [4.78, 5) is 33.0. The number of amides is 1. The third kappa shape index (κ3) is 5.86. The maximum Gasteiger partial charge on any atom is 0.422 e. The number of carbonyl (C=O) groups is 2. The topological polar surface area (TPSA) is 95.3 Å². The second kappa shape index (κ2) is 11.2. The lowest BCUT2D eigenvalue weighted by molar-refractivity contribution is -0.154. The minimum absolute atomic E-state index is 0.0450. The van der Waals surface area contributed by atoms with Gasteiger partial charge < -0.3 is 15.0 Å². The summed E-state index contributed by atoms with van der Waals surface area (Å²) in [6, 6.07) is 15.5. The summed E-state index contributed by atoms with van der Waals surface area (Å²) in [6.45, 7) is -1.09. The summed E-state index contributed by atoms with van der Waals surface area (Å²) in [7, 11) is 1.48. The molecule has 1 aliphatic heterocycles. The number of benzene rings is 2. The van der Waals surface area contributed by atoms with E-state index in [0.717, 1.165) is 12.3 Å². The molecule has 7 nitrogen and oxygen atoms in total. The lowest BCUT2D eigenvalue weighted by Gasteiger charge is -2.41. The lowest BCUT2D eigenvalue weighted by Crippen LogP contribution is -2.59. The molecule has 0 saturated carbocycles. The fourth-order valence-corrected chi connectivity index (χ4v) is 4.94. The molecular weight excluding hydrogens is 556 g/mol. The average Bonchev–Trinajstić information content (AvgIpc) is 3.38. The quantitative estimate of drug-likeness (QED) is 0.384. The molecule has 0 bridgehead atoms. The van der Waals surface area contributed by atoms with Crippen LogP contribution < -0.4 is 10.1 Å². The van der Waals surface area contributed by atoms with Gasteiger partial charge in [-0.15, -0.1) is 0 Å². The molecule has 3 aromatic rings. The summed E-state index contributed by atoms with van der Waals surface area (Å²) in [6.07, 6.45) is -3.44. The highest BCUT2D eigenvalue weighted by Crippen LogP contribution is 2.41. The van der Waals surface area contributed by atoms with E-state index in [1.165, 1.54) is 42.3 Å². The van der Waals surface area contributed by atoms with Gasteiger partial charge in [-0.3, -0.25) is 9.59 Å². The Morgan fingerprint density at radius 2 is 1.82 bits per heavy atom. The molecule has 0 radical (unpaired) electrons. The van der Waals surface area contributed by atoms with E-state index in [4.69, 9.17) is 28.5 Å². The number of nitrogens with one attached hydrogen (secondary N) is 1. The number of carbonyl (C=O) groups excluding carboxylic acids is 2. The number of rotatable bonds is 7. The fraction of sp³-hybridized carbons (Fsp3) is 0.259. The number of nitriles is 1. The van der Waals surface area contributed by atoms with Gasteiger partial charge in [0.2, 0.25) is 5.88 Å². The van der Waals surface area contributed by atoms with E-state index in [2.05, 4.69) is 15.0 Å². The van der Waals surface area contributed by atoms with Crippen molar-refractivity contribution in [3.05, 3.63) is 93.1 Å². The standard InChI is InChI=1S/C27H21Cl2F3N4O3/c1-36(25(38)19-7-9-23(35-12-19)39-15-27(30,31)32)26(24(37)17-4-2-16(11-33)3-5-17)14-34-13-20(26)18-6-8-21(28)22(29)10-18/h2-10,12,20,34H,13-15H2,1H3/t20-,26+/m0/s1. The highest BCUT2D eigenvalue weighted by atomic mass is 35.5. The second-order valence-corrected chi connectivity index (χ2v) is 9.77. The van der Waals surface area contributed by atoms with E-state index < -0.39 is 30.1 Å². The Morgan fingerprint density at radius 1 is 1.13 bits per heavy atom. The molecule has 0 aliphatic carbocycles. The molecule has 12 heteroatoms. The van der Waals surface area contributed by atoms with Crippen molar-refractivity contribution in [2.24, 2.45) is 0 Å². The predicted octanol–water partition coefficient (Wildman–Crippen LogP) is 5.28. The molecule has 39 heavy (non-hydrogen) atoms. The van der Waals surface area contributed by atoms with E-state index in [-0.39, 0.29) is 34.4 Å². The molecule has 1 aromatic heterocycles. The minimum Gasteiger partial charge on any atom is -0.468 e. The van der Waals surface area contributed by atoms with E-state index in [1.54, 1.807) is 18.2 Å². The van der Waals surface area contributed by atoms with Crippen molar-refractivity contribution in [3.8, 4) is 11.9 Å². The SMILES string of the molecule is CN(C(=O)c1ccc(OCC(F)(F)F)nc1)[C@]1(C(=O)c2ccc(C#N)cc2)CNC[C@H]1c1ccc(Cl)c(Cl)c1. The second-order valence-electron chi connectivity index (χ2n) is 8.95. The van der Waals surface area contributed by atoms with Gasteiger partial charge in [-0.2, -0.15) is 18.4 Å². The third-order valence-electron chi connectivity index (χ3n) is 6.61. The summed E-state index contributed by atoms with van der Waals surface area (Å²) in [5, 5.41) is 13.0. The van der Waals surface area contributed by atoms with Crippen LogP contribution in [0.15, 0.2) is 60.8 Å². The van der Waals surface area contributed by atoms with Gasteiger partial charge in [0.15, 0.2) is 12.4 Å². The zero-order valence-corrected chi connectivity index (χ0v) is 21.9. The number of pyridine rings is 1. The van der Waals surface area contributed by atoms with Gasteiger partial charge >= 0.3 is 6.18 Å². The predicted molar refractivity (Wildman–Crippen MR) is 138 cm³/mol. The number of hydrogen-bond acceptors (Lipinski definition) is 6. The van der Waals surface area contributed by atoms with E-state index in [0.29, 0.717) is 22.7 Å². The van der Waals surface area contributed by atoms with Gasteiger partial charge in [0.1, 0.15) is 5.54 Å². The molecule has 2 heterocycles. The largest absolute Gasteiger partial charge is 0.468 e. The van der Waals surface area contributed by atoms with E-state index >= 15 is 0 Å². The first-order valence-electron chi connectivity index (χ1n) is 11.6. The average molecular weight is 577 g/mol. The van der Waals surface area contributed by atoms with Crippen LogP contribution in [-0.2, 0) is 0 Å². The molecule has 1 N–H and O–H groups in total. The van der Waals surface area contributed by atoms with Crippen LogP contribution in [0.4, 0.5) is 13.2 Å². The molecule has 0 spiro atoms. The molecule has 1 aliphatic rings. The Morgan fingerprint density at radius 3 is 2.41 bits per heavy atom. The van der Waals surface area contributed by atoms with Gasteiger partial charge in [-0.05, 0) is 35.9 Å². The van der Waals surface area contributed by atoms with Crippen LogP contribution in [0.5, 0.6) is 5.88 Å². The van der Waals surface area contributed by atoms with Crippen LogP contribution >= 0.6 is 23.2 Å². The molecular formula is C27H21Cl2F3N4O3. The molecule has 4 rings (SSSR count). The molecule has 1 fully saturated rings. The highest BCUT2D eigenvalue weighted by molar-refractivity contribution is 6.42. The van der Waals surface area contributed by atoms with Crippen molar-refractivity contribution in [1.82, 2.24) is 15.2 Å². The number of ether oxygens (including phenoxy) is 1. The van der Waals surface area contributed by atoms with E-state index in [9.17, 15) is 22.8 Å². The monoisotopic (exact) mass is 576 g/mol. The van der Waals surface area contributed by atoms with Gasteiger partial charge in [0, 0.05) is 43.9 Å². The molecule has 1 amide bonds. The lowest BCUT2D eigenvalue weighted by atomic mass is 9.75. The zero-order chi connectivity index (χ0) is 28.4. The smallest absolute Gasteiger partial charge is 0.422 e. The van der Waals surface area contributed by atoms with Gasteiger partial charge in [-0.1, -0.05) is 41.4 Å². The summed E-state index contributed by atoms with van der Waals surface area (Å²) in [5.74, 6) is -1.81. The highest BCUT2D eigenvalue weighted by Gasteiger charge is 2.54. The Balaban J connectivity index is 1.73. The number of likely N-dealkylation sites (N-methyl/N-ethyl adjacent to an activating group) is 1. The Hall–Kier alpha value is -3.65. The molecule has 1 saturated heterocycles. The van der Waals surface area contributed by atoms with Crippen LogP contribution in [0.3, 0.4) is 0 Å². The number of Topliss-reactive ketones (excluding diaryl/α,β-unsaturated/α-hetero) is 1. The number of halogens is 5. The van der Waals surface area contributed by atoms with Crippen LogP contribution in [0.1, 0.15) is 37.8 Å². The van der Waals surface area contributed by atoms with E-state index in [1.807, 2.05) is 6.07 Å². The minimum atomic E-state index is -4.54. The maximum absolute atomic E-state index is 14.2. The third-order valence-corrected chi connectivity index (χ3v) is 7.34. The molecule has 2 aromatic carbocycles. The first kappa shape index (κ1) is 28.4. The van der Waals surface area contributed by atoms with Gasteiger partial charge in [-0.25, -0.2) is 4.98 Å². The first-order chi connectivity index (χ1) is 18.5. The fourth-order valence-electron chi connectivity index (χ4n) is 4.63. The number of hydrogen-bond donors (Lipinski definition) is 1. The number of ketones is 1. The van der Waals surface area contributed by atoms with Crippen LogP contribution in [0.25, 0.3) is 0 Å². The number of alkyl halides is 3. The van der Waals surface area contributed by atoms with Crippen molar-refractivity contribution in [3.63, 3.8) is 0 Å². The van der Waals surface area contributed by atoms with Crippen molar-refractivity contribution < 1.29 is 27.5 Å². The molecule has 2 atom stereocenters. The zero-order valence-electron chi connectivity index (χ0n) is 20.4. The number of aromatic nitrogens is 1. The number of nitrogens with zero attached hydrogens (tertiary/aromatic N) is 3. The van der Waals surface area contributed by atoms with Crippen molar-refractivity contribution in [2.75, 3.05) is 26.7 Å². The van der Waals surface area contributed by atoms with Crippen molar-refractivity contribution >= 4 is 34.9 Å². The Labute approximate surface area is 232 Å². The summed E-state index contributed by atoms with van der Waals surface area (Å²) < 4.78 is 42.0. The molecule has 202 valence electrons. The normalized spacial score (nSPS) is 18.8. The maximum atomic E-state index is 14.2. The van der Waals surface area contributed by atoms with Crippen molar-refractivity contribution in [1.29, 1.82) is 5.26 Å². The van der Waals surface area contributed by atoms with Crippen molar-refractivity contribution in [2.45, 2.75) is 17.6 Å². The van der Waals surface area contributed by atoms with Crippen LogP contribution in [-0.4, -0.2) is 60.0 Å². The Bertz CT molecular complexity index is 1430. The summed E-state index contributed by atoms with van der Waals surface area (Å²) >= 11 is 12.4. The molecule has 0 unspecified atom stereocenters. The Kier molecular flexibility index (Phi) is 8.16. The van der Waals surface area contributed by atoms with Crippen LogP contribution in [0.2, 0.25) is 10.0 Å². The van der Waals surface area contributed by atoms with Crippen LogP contribution in [0, 0.1) is 11.3 Å².